The van der Waals surface area contributed by atoms with E-state index in [1.54, 1.807) is 6.33 Å². The van der Waals surface area contributed by atoms with Crippen LogP contribution in [0.5, 0.6) is 0 Å². The van der Waals surface area contributed by atoms with Gasteiger partial charge in [-0.1, -0.05) is 27.5 Å². The van der Waals surface area contributed by atoms with Crippen molar-refractivity contribution in [1.82, 2.24) is 20.1 Å². The van der Waals surface area contributed by atoms with Crippen molar-refractivity contribution in [3.05, 3.63) is 45.4 Å². The van der Waals surface area contributed by atoms with Gasteiger partial charge in [0.25, 0.3) is 0 Å². The van der Waals surface area contributed by atoms with Crippen molar-refractivity contribution in [2.45, 2.75) is 13.1 Å². The number of nitrogens with one attached hydrogen (secondary N) is 1. The van der Waals surface area contributed by atoms with Crippen LogP contribution in [-0.4, -0.2) is 14.8 Å². The summed E-state index contributed by atoms with van der Waals surface area (Å²) >= 11 is 9.44. The van der Waals surface area contributed by atoms with Crippen molar-refractivity contribution in [3.8, 4) is 0 Å². The Labute approximate surface area is 113 Å². The third-order valence-electron chi connectivity index (χ3n) is 2.41. The molecule has 0 saturated heterocycles. The van der Waals surface area contributed by atoms with E-state index in [4.69, 9.17) is 11.6 Å². The van der Waals surface area contributed by atoms with Crippen molar-refractivity contribution >= 4 is 27.5 Å². The van der Waals surface area contributed by atoms with Crippen molar-refractivity contribution in [2.24, 2.45) is 7.05 Å². The van der Waals surface area contributed by atoms with Gasteiger partial charge < -0.3 is 9.88 Å². The highest BCUT2D eigenvalue weighted by Gasteiger charge is 2.03. The number of rotatable bonds is 4. The van der Waals surface area contributed by atoms with Crippen LogP contribution in [0.3, 0.4) is 0 Å². The number of hydrogen-bond donors (Lipinski definition) is 1. The molecule has 2 aromatic rings. The molecule has 90 valence electrons. The lowest BCUT2D eigenvalue weighted by atomic mass is 10.2. The molecule has 0 aliphatic carbocycles. The van der Waals surface area contributed by atoms with Gasteiger partial charge in [0.1, 0.15) is 12.2 Å². The summed E-state index contributed by atoms with van der Waals surface area (Å²) in [5, 5.41) is 11.9. The first-order chi connectivity index (χ1) is 8.16. The first-order valence-electron chi connectivity index (χ1n) is 5.14. The molecular formula is C11H12BrClN4. The fourth-order valence-corrected chi connectivity index (χ4v) is 2.04. The number of nitrogens with zero attached hydrogens (tertiary/aromatic N) is 3. The predicted molar refractivity (Wildman–Crippen MR) is 70.7 cm³/mol. The molecule has 0 bridgehead atoms. The second-order valence-corrected chi connectivity index (χ2v) is 4.99. The molecule has 6 heteroatoms. The SMILES string of the molecule is Cn1cnnc1CNCc1cc(Cl)ccc1Br. The van der Waals surface area contributed by atoms with Crippen LogP contribution >= 0.6 is 27.5 Å². The Balaban J connectivity index is 1.94. The monoisotopic (exact) mass is 314 g/mol. The van der Waals surface area contributed by atoms with Crippen LogP contribution in [0.4, 0.5) is 0 Å². The Morgan fingerprint density at radius 3 is 2.94 bits per heavy atom. The summed E-state index contributed by atoms with van der Waals surface area (Å²) in [5.41, 5.74) is 1.12. The standard InChI is InChI=1S/C11H12BrClN4/c1-17-7-15-16-11(17)6-14-5-8-4-9(13)2-3-10(8)12/h2-4,7,14H,5-6H2,1H3. The number of halogens is 2. The Morgan fingerprint density at radius 2 is 2.24 bits per heavy atom. The van der Waals surface area contributed by atoms with Crippen LogP contribution in [0.15, 0.2) is 29.0 Å². The second-order valence-electron chi connectivity index (χ2n) is 3.70. The quantitative estimate of drug-likeness (QED) is 0.943. The van der Waals surface area contributed by atoms with Gasteiger partial charge in [0.15, 0.2) is 0 Å². The van der Waals surface area contributed by atoms with Crippen molar-refractivity contribution < 1.29 is 0 Å². The normalized spacial score (nSPS) is 10.8. The van der Waals surface area contributed by atoms with E-state index in [1.165, 1.54) is 0 Å². The second kappa shape index (κ2) is 5.62. The molecule has 1 aromatic carbocycles. The molecule has 0 fully saturated rings. The van der Waals surface area contributed by atoms with E-state index in [2.05, 4.69) is 31.4 Å². The summed E-state index contributed by atoms with van der Waals surface area (Å²) < 4.78 is 2.94. The van der Waals surface area contributed by atoms with Gasteiger partial charge in [0.2, 0.25) is 0 Å². The molecule has 2 rings (SSSR count). The fraction of sp³-hybridized carbons (Fsp3) is 0.273. The van der Waals surface area contributed by atoms with E-state index in [-0.39, 0.29) is 0 Å². The Hall–Kier alpha value is -0.910. The summed E-state index contributed by atoms with van der Waals surface area (Å²) in [7, 11) is 1.92. The molecule has 0 amide bonds. The molecule has 1 aromatic heterocycles. The number of aryl methyl sites for hydroxylation is 1. The minimum Gasteiger partial charge on any atom is -0.320 e. The van der Waals surface area contributed by atoms with E-state index < -0.39 is 0 Å². The highest BCUT2D eigenvalue weighted by atomic mass is 79.9. The molecule has 0 aliphatic rings. The van der Waals surface area contributed by atoms with Gasteiger partial charge in [-0.05, 0) is 23.8 Å². The molecule has 1 heterocycles. The maximum absolute atomic E-state index is 5.95. The van der Waals surface area contributed by atoms with E-state index in [0.717, 1.165) is 27.4 Å². The summed E-state index contributed by atoms with van der Waals surface area (Å²) in [6.45, 7) is 1.41. The Morgan fingerprint density at radius 1 is 1.41 bits per heavy atom. The molecular weight excluding hydrogens is 304 g/mol. The topological polar surface area (TPSA) is 42.7 Å². The number of hydrogen-bond acceptors (Lipinski definition) is 3. The third kappa shape index (κ3) is 3.28. The first kappa shape index (κ1) is 12.5. The number of benzene rings is 1. The molecule has 17 heavy (non-hydrogen) atoms. The third-order valence-corrected chi connectivity index (χ3v) is 3.42. The van der Waals surface area contributed by atoms with E-state index in [0.29, 0.717) is 6.54 Å². The van der Waals surface area contributed by atoms with Gasteiger partial charge in [-0.3, -0.25) is 0 Å². The molecule has 0 unspecified atom stereocenters. The summed E-state index contributed by atoms with van der Waals surface area (Å²) in [4.78, 5) is 0. The van der Waals surface area contributed by atoms with Crippen LogP contribution < -0.4 is 5.32 Å². The largest absolute Gasteiger partial charge is 0.320 e. The summed E-state index contributed by atoms with van der Waals surface area (Å²) in [6, 6.07) is 5.74. The molecule has 0 aliphatic heterocycles. The fourth-order valence-electron chi connectivity index (χ4n) is 1.45. The van der Waals surface area contributed by atoms with Gasteiger partial charge in [-0.2, -0.15) is 0 Å². The molecule has 0 atom stereocenters. The molecule has 0 spiro atoms. The van der Waals surface area contributed by atoms with Gasteiger partial charge in [0.05, 0.1) is 6.54 Å². The predicted octanol–water partition coefficient (Wildman–Crippen LogP) is 2.52. The lowest BCUT2D eigenvalue weighted by Crippen LogP contribution is -2.16. The van der Waals surface area contributed by atoms with Crippen LogP contribution in [0, 0.1) is 0 Å². The molecule has 4 nitrogen and oxygen atoms in total. The van der Waals surface area contributed by atoms with Crippen LogP contribution in [-0.2, 0) is 20.1 Å². The zero-order valence-electron chi connectivity index (χ0n) is 9.32. The molecule has 0 radical (unpaired) electrons. The maximum atomic E-state index is 5.95. The van der Waals surface area contributed by atoms with Crippen molar-refractivity contribution in [2.75, 3.05) is 0 Å². The lowest BCUT2D eigenvalue weighted by Gasteiger charge is -2.07. The Bertz CT molecular complexity index is 512. The minimum atomic E-state index is 0.676. The zero-order valence-corrected chi connectivity index (χ0v) is 11.7. The average molecular weight is 316 g/mol. The smallest absolute Gasteiger partial charge is 0.146 e. The van der Waals surface area contributed by atoms with Gasteiger partial charge in [0, 0.05) is 23.1 Å². The number of aromatic nitrogens is 3. The van der Waals surface area contributed by atoms with Crippen molar-refractivity contribution in [3.63, 3.8) is 0 Å². The van der Waals surface area contributed by atoms with Crippen LogP contribution in [0.1, 0.15) is 11.4 Å². The van der Waals surface area contributed by atoms with Crippen molar-refractivity contribution in [1.29, 1.82) is 0 Å². The maximum Gasteiger partial charge on any atom is 0.146 e. The molecule has 0 saturated carbocycles. The minimum absolute atomic E-state index is 0.676. The van der Waals surface area contributed by atoms with Crippen LogP contribution in [0.25, 0.3) is 0 Å². The lowest BCUT2D eigenvalue weighted by molar-refractivity contribution is 0.636. The zero-order chi connectivity index (χ0) is 12.3. The molecule has 1 N–H and O–H groups in total. The Kier molecular flexibility index (Phi) is 4.15. The van der Waals surface area contributed by atoms with E-state index >= 15 is 0 Å². The van der Waals surface area contributed by atoms with Gasteiger partial charge in [-0.25, -0.2) is 0 Å². The van der Waals surface area contributed by atoms with E-state index in [9.17, 15) is 0 Å². The van der Waals surface area contributed by atoms with Crippen LogP contribution in [0.2, 0.25) is 5.02 Å². The summed E-state index contributed by atoms with van der Waals surface area (Å²) in [5.74, 6) is 0.906. The first-order valence-corrected chi connectivity index (χ1v) is 6.31. The highest BCUT2D eigenvalue weighted by Crippen LogP contribution is 2.20. The van der Waals surface area contributed by atoms with E-state index in [1.807, 2.05) is 29.8 Å². The van der Waals surface area contributed by atoms with Gasteiger partial charge in [-0.15, -0.1) is 10.2 Å². The summed E-state index contributed by atoms with van der Waals surface area (Å²) in [6.07, 6.45) is 1.69. The van der Waals surface area contributed by atoms with Gasteiger partial charge >= 0.3 is 0 Å². The average Bonchev–Trinajstić information content (AvgIpc) is 2.70. The highest BCUT2D eigenvalue weighted by molar-refractivity contribution is 9.10.